The fourth-order valence-electron chi connectivity index (χ4n) is 4.33. The topological polar surface area (TPSA) is 98.5 Å². The second-order valence-corrected chi connectivity index (χ2v) is 11.9. The molecule has 3 aromatic carbocycles. The number of rotatable bonds is 7. The number of aromatic nitrogens is 6. The zero-order valence-corrected chi connectivity index (χ0v) is 24.8. The number of thiazole rings is 1. The summed E-state index contributed by atoms with van der Waals surface area (Å²) in [5.74, 6) is 0.0301. The Balaban J connectivity index is 1.25. The first kappa shape index (κ1) is 27.1. The minimum absolute atomic E-state index is 0.224. The maximum absolute atomic E-state index is 13.5. The Morgan fingerprint density at radius 1 is 0.927 bits per heavy atom. The zero-order chi connectivity index (χ0) is 28.5. The number of nitrogens with one attached hydrogen (secondary N) is 1. The van der Waals surface area contributed by atoms with Crippen LogP contribution in [0, 0.1) is 20.8 Å². The van der Waals surface area contributed by atoms with Crippen LogP contribution in [0.3, 0.4) is 0 Å². The molecule has 41 heavy (non-hydrogen) atoms. The molecule has 0 bridgehead atoms. The molecule has 0 aliphatic rings. The van der Waals surface area contributed by atoms with Crippen LogP contribution in [0.25, 0.3) is 26.5 Å². The van der Waals surface area contributed by atoms with Gasteiger partial charge < -0.3 is 5.32 Å². The predicted molar refractivity (Wildman–Crippen MR) is 165 cm³/mol. The van der Waals surface area contributed by atoms with E-state index >= 15 is 0 Å². The number of benzene rings is 3. The fraction of sp³-hybridized carbons (Fsp3) is 0.133. The molecule has 0 spiro atoms. The van der Waals surface area contributed by atoms with Gasteiger partial charge in [0.25, 0.3) is 5.91 Å². The third-order valence-corrected chi connectivity index (χ3v) is 8.46. The normalized spacial score (nSPS) is 11.2. The molecule has 1 N–H and O–H groups in total. The van der Waals surface area contributed by atoms with Crippen molar-refractivity contribution in [1.82, 2.24) is 29.9 Å². The quantitative estimate of drug-likeness (QED) is 0.151. The summed E-state index contributed by atoms with van der Waals surface area (Å²) in [5.41, 5.74) is 7.17. The average molecular weight is 598 g/mol. The number of thioether (sulfide) groups is 1. The summed E-state index contributed by atoms with van der Waals surface area (Å²) in [5, 5.41) is 13.7. The van der Waals surface area contributed by atoms with Crippen LogP contribution in [-0.4, -0.2) is 35.9 Å². The molecular formula is C30H24ClN7OS2. The SMILES string of the molecule is Cc1ccc2nc(-c3ccc(NC(=O)c4nnn(-c5ccc(Cl)cc5)c4CSc4nc(C)cc(C)n4)cc3)sc2c1. The highest BCUT2D eigenvalue weighted by atomic mass is 35.5. The van der Waals surface area contributed by atoms with Gasteiger partial charge in [0.1, 0.15) is 5.01 Å². The second-order valence-electron chi connectivity index (χ2n) is 9.52. The first-order chi connectivity index (χ1) is 19.8. The van der Waals surface area contributed by atoms with Crippen molar-refractivity contribution < 1.29 is 4.79 Å². The largest absolute Gasteiger partial charge is 0.321 e. The monoisotopic (exact) mass is 597 g/mol. The van der Waals surface area contributed by atoms with E-state index in [1.807, 2.05) is 62.4 Å². The lowest BCUT2D eigenvalue weighted by Gasteiger charge is -2.09. The van der Waals surface area contributed by atoms with Gasteiger partial charge in [0.05, 0.1) is 21.6 Å². The van der Waals surface area contributed by atoms with E-state index in [9.17, 15) is 4.79 Å². The Hall–Kier alpha value is -4.12. The van der Waals surface area contributed by atoms with Gasteiger partial charge in [-0.05, 0) is 93.1 Å². The minimum atomic E-state index is -0.356. The van der Waals surface area contributed by atoms with Gasteiger partial charge in [-0.3, -0.25) is 4.79 Å². The first-order valence-electron chi connectivity index (χ1n) is 12.8. The van der Waals surface area contributed by atoms with Crippen molar-refractivity contribution in [3.8, 4) is 16.3 Å². The minimum Gasteiger partial charge on any atom is -0.321 e. The van der Waals surface area contributed by atoms with E-state index < -0.39 is 0 Å². The number of halogens is 1. The molecule has 0 fully saturated rings. The molecule has 3 aromatic heterocycles. The molecule has 0 aliphatic heterocycles. The van der Waals surface area contributed by atoms with Gasteiger partial charge in [-0.1, -0.05) is 34.6 Å². The summed E-state index contributed by atoms with van der Waals surface area (Å²) >= 11 is 9.17. The molecule has 6 aromatic rings. The lowest BCUT2D eigenvalue weighted by molar-refractivity contribution is 0.102. The van der Waals surface area contributed by atoms with Crippen LogP contribution >= 0.6 is 34.7 Å². The van der Waals surface area contributed by atoms with Gasteiger partial charge >= 0.3 is 0 Å². The van der Waals surface area contributed by atoms with E-state index in [0.717, 1.165) is 37.9 Å². The highest BCUT2D eigenvalue weighted by Crippen LogP contribution is 2.31. The maximum atomic E-state index is 13.5. The molecule has 0 saturated heterocycles. The number of carbonyl (C=O) groups is 1. The number of carbonyl (C=O) groups excluding carboxylic acids is 1. The highest BCUT2D eigenvalue weighted by Gasteiger charge is 2.22. The average Bonchev–Trinajstić information content (AvgIpc) is 3.56. The van der Waals surface area contributed by atoms with E-state index in [4.69, 9.17) is 16.6 Å². The van der Waals surface area contributed by atoms with Crippen LogP contribution in [0.15, 0.2) is 78.0 Å². The summed E-state index contributed by atoms with van der Waals surface area (Å²) in [6.07, 6.45) is 0. The van der Waals surface area contributed by atoms with E-state index in [1.165, 1.54) is 17.3 Å². The molecule has 0 unspecified atom stereocenters. The van der Waals surface area contributed by atoms with E-state index in [0.29, 0.717) is 27.3 Å². The molecule has 6 rings (SSSR count). The van der Waals surface area contributed by atoms with Crippen molar-refractivity contribution in [2.24, 2.45) is 0 Å². The Bertz CT molecular complexity index is 1860. The number of amides is 1. The first-order valence-corrected chi connectivity index (χ1v) is 14.9. The van der Waals surface area contributed by atoms with Crippen LogP contribution in [0.4, 0.5) is 5.69 Å². The molecule has 1 amide bonds. The Kier molecular flexibility index (Phi) is 7.53. The van der Waals surface area contributed by atoms with Crippen LogP contribution in [0.5, 0.6) is 0 Å². The number of hydrogen-bond donors (Lipinski definition) is 1. The van der Waals surface area contributed by atoms with Gasteiger partial charge in [-0.15, -0.1) is 16.4 Å². The van der Waals surface area contributed by atoms with Gasteiger partial charge in [-0.25, -0.2) is 19.6 Å². The van der Waals surface area contributed by atoms with Crippen molar-refractivity contribution in [3.05, 3.63) is 106 Å². The van der Waals surface area contributed by atoms with Gasteiger partial charge in [0.15, 0.2) is 10.9 Å². The van der Waals surface area contributed by atoms with Gasteiger partial charge in [0, 0.05) is 33.4 Å². The molecule has 11 heteroatoms. The van der Waals surface area contributed by atoms with E-state index in [1.54, 1.807) is 28.2 Å². The van der Waals surface area contributed by atoms with Crippen LogP contribution in [0.1, 0.15) is 33.1 Å². The number of hydrogen-bond acceptors (Lipinski definition) is 8. The number of fused-ring (bicyclic) bond motifs is 1. The Morgan fingerprint density at radius 3 is 2.39 bits per heavy atom. The third-order valence-electron chi connectivity index (χ3n) is 6.28. The number of nitrogens with zero attached hydrogens (tertiary/aromatic N) is 6. The van der Waals surface area contributed by atoms with Crippen molar-refractivity contribution in [1.29, 1.82) is 0 Å². The van der Waals surface area contributed by atoms with E-state index in [-0.39, 0.29) is 11.6 Å². The summed E-state index contributed by atoms with van der Waals surface area (Å²) in [7, 11) is 0. The molecule has 204 valence electrons. The molecular weight excluding hydrogens is 574 g/mol. The maximum Gasteiger partial charge on any atom is 0.278 e. The molecule has 3 heterocycles. The van der Waals surface area contributed by atoms with Crippen LogP contribution < -0.4 is 5.32 Å². The lowest BCUT2D eigenvalue weighted by Crippen LogP contribution is -2.15. The number of aryl methyl sites for hydroxylation is 3. The molecule has 0 atom stereocenters. The Labute approximate surface area is 249 Å². The molecule has 0 saturated carbocycles. The Morgan fingerprint density at radius 2 is 1.66 bits per heavy atom. The summed E-state index contributed by atoms with van der Waals surface area (Å²) in [6.45, 7) is 5.94. The molecule has 0 aliphatic carbocycles. The number of anilines is 1. The zero-order valence-electron chi connectivity index (χ0n) is 22.4. The lowest BCUT2D eigenvalue weighted by atomic mass is 10.2. The van der Waals surface area contributed by atoms with Gasteiger partial charge in [0.2, 0.25) is 0 Å². The third kappa shape index (κ3) is 6.00. The van der Waals surface area contributed by atoms with Crippen molar-refractivity contribution in [2.75, 3.05) is 5.32 Å². The van der Waals surface area contributed by atoms with Gasteiger partial charge in [-0.2, -0.15) is 0 Å². The van der Waals surface area contributed by atoms with E-state index in [2.05, 4.69) is 44.7 Å². The summed E-state index contributed by atoms with van der Waals surface area (Å²) in [6, 6.07) is 23.0. The fourth-order valence-corrected chi connectivity index (χ4v) is 6.47. The summed E-state index contributed by atoms with van der Waals surface area (Å²) < 4.78 is 2.80. The highest BCUT2D eigenvalue weighted by molar-refractivity contribution is 7.98. The van der Waals surface area contributed by atoms with Crippen LogP contribution in [0.2, 0.25) is 5.02 Å². The molecule has 8 nitrogen and oxygen atoms in total. The van der Waals surface area contributed by atoms with Crippen molar-refractivity contribution >= 4 is 56.5 Å². The van der Waals surface area contributed by atoms with Crippen LogP contribution in [-0.2, 0) is 5.75 Å². The smallest absolute Gasteiger partial charge is 0.278 e. The standard InChI is InChI=1S/C30H24ClN7OS2/c1-17-4-13-24-26(14-17)41-29(35-24)20-5-9-22(10-6-20)34-28(39)27-25(16-40-30-32-18(2)15-19(3)33-30)38(37-36-27)23-11-7-21(31)8-12-23/h4-15H,16H2,1-3H3,(H,34,39). The van der Waals surface area contributed by atoms with Crippen molar-refractivity contribution in [3.63, 3.8) is 0 Å². The second kappa shape index (κ2) is 11.4. The predicted octanol–water partition coefficient (Wildman–Crippen LogP) is 7.46. The van der Waals surface area contributed by atoms with Crippen molar-refractivity contribution in [2.45, 2.75) is 31.7 Å². The summed E-state index contributed by atoms with van der Waals surface area (Å²) in [4.78, 5) is 27.3. The molecule has 0 radical (unpaired) electrons.